The number of hydrogen-bond acceptors (Lipinski definition) is 4. The van der Waals surface area contributed by atoms with Gasteiger partial charge in [-0.25, -0.2) is 9.37 Å². The highest BCUT2D eigenvalue weighted by atomic mass is 19.1. The van der Waals surface area contributed by atoms with Crippen LogP contribution in [0.5, 0.6) is 5.75 Å². The molecular weight excluding hydrogens is 285 g/mol. The number of nitrogens with zero attached hydrogens (tertiary/aromatic N) is 1. The zero-order valence-corrected chi connectivity index (χ0v) is 11.5. The number of ether oxygens (including phenoxy) is 1. The van der Waals surface area contributed by atoms with Crippen molar-refractivity contribution in [3.63, 3.8) is 0 Å². The first-order chi connectivity index (χ1) is 10.7. The SMILES string of the molecule is O=Cc1cccc(OCc2coc(-c3cccc(F)c3)n2)c1. The summed E-state index contributed by atoms with van der Waals surface area (Å²) < 4.78 is 24.1. The molecule has 1 aromatic heterocycles. The molecule has 0 saturated carbocycles. The fraction of sp³-hybridized carbons (Fsp3) is 0.0588. The van der Waals surface area contributed by atoms with Gasteiger partial charge < -0.3 is 9.15 Å². The van der Waals surface area contributed by atoms with Gasteiger partial charge in [0.1, 0.15) is 36.4 Å². The molecule has 0 aliphatic heterocycles. The van der Waals surface area contributed by atoms with Crippen molar-refractivity contribution in [3.05, 3.63) is 71.9 Å². The first kappa shape index (κ1) is 14.0. The molecule has 4 nitrogen and oxygen atoms in total. The van der Waals surface area contributed by atoms with Gasteiger partial charge in [-0.3, -0.25) is 4.79 Å². The molecule has 0 unspecified atom stereocenters. The lowest BCUT2D eigenvalue weighted by Crippen LogP contribution is -1.96. The molecule has 5 heteroatoms. The van der Waals surface area contributed by atoms with E-state index in [9.17, 15) is 9.18 Å². The number of benzene rings is 2. The number of aromatic nitrogens is 1. The van der Waals surface area contributed by atoms with E-state index in [-0.39, 0.29) is 12.4 Å². The lowest BCUT2D eigenvalue weighted by Gasteiger charge is -2.03. The molecule has 2 aromatic carbocycles. The first-order valence-corrected chi connectivity index (χ1v) is 6.63. The molecule has 0 spiro atoms. The summed E-state index contributed by atoms with van der Waals surface area (Å²) in [5, 5.41) is 0. The van der Waals surface area contributed by atoms with E-state index < -0.39 is 0 Å². The Kier molecular flexibility index (Phi) is 3.96. The van der Waals surface area contributed by atoms with Crippen molar-refractivity contribution in [3.8, 4) is 17.2 Å². The third-order valence-corrected chi connectivity index (χ3v) is 3.00. The van der Waals surface area contributed by atoms with Crippen LogP contribution >= 0.6 is 0 Å². The minimum Gasteiger partial charge on any atom is -0.487 e. The maximum atomic E-state index is 13.2. The van der Waals surface area contributed by atoms with E-state index in [1.165, 1.54) is 18.4 Å². The van der Waals surface area contributed by atoms with Gasteiger partial charge in [0.25, 0.3) is 0 Å². The zero-order valence-electron chi connectivity index (χ0n) is 11.5. The van der Waals surface area contributed by atoms with Crippen molar-refractivity contribution >= 4 is 6.29 Å². The van der Waals surface area contributed by atoms with E-state index in [1.54, 1.807) is 36.4 Å². The van der Waals surface area contributed by atoms with E-state index in [1.807, 2.05) is 0 Å². The Balaban J connectivity index is 1.70. The van der Waals surface area contributed by atoms with E-state index in [2.05, 4.69) is 4.98 Å². The molecule has 0 amide bonds. The van der Waals surface area contributed by atoms with Crippen LogP contribution in [0.15, 0.2) is 59.2 Å². The van der Waals surface area contributed by atoms with Crippen molar-refractivity contribution in [1.82, 2.24) is 4.98 Å². The normalized spacial score (nSPS) is 10.4. The topological polar surface area (TPSA) is 52.3 Å². The minimum absolute atomic E-state index is 0.196. The number of halogens is 1. The number of oxazole rings is 1. The summed E-state index contributed by atoms with van der Waals surface area (Å²) in [5.41, 5.74) is 1.68. The summed E-state index contributed by atoms with van der Waals surface area (Å²) >= 11 is 0. The van der Waals surface area contributed by atoms with Crippen LogP contribution in [0.4, 0.5) is 4.39 Å². The number of rotatable bonds is 5. The highest BCUT2D eigenvalue weighted by molar-refractivity contribution is 5.75. The van der Waals surface area contributed by atoms with Gasteiger partial charge in [0, 0.05) is 11.1 Å². The summed E-state index contributed by atoms with van der Waals surface area (Å²) in [6, 6.07) is 12.8. The van der Waals surface area contributed by atoms with Gasteiger partial charge in [0.05, 0.1) is 0 Å². The van der Waals surface area contributed by atoms with E-state index in [0.29, 0.717) is 28.5 Å². The van der Waals surface area contributed by atoms with Crippen molar-refractivity contribution < 1.29 is 18.3 Å². The summed E-state index contributed by atoms with van der Waals surface area (Å²) in [6.07, 6.45) is 2.22. The highest BCUT2D eigenvalue weighted by Gasteiger charge is 2.08. The highest BCUT2D eigenvalue weighted by Crippen LogP contribution is 2.20. The van der Waals surface area contributed by atoms with E-state index in [0.717, 1.165) is 6.29 Å². The van der Waals surface area contributed by atoms with Crippen LogP contribution in [-0.2, 0) is 6.61 Å². The summed E-state index contributed by atoms with van der Waals surface area (Å²) in [6.45, 7) is 0.196. The predicted molar refractivity (Wildman–Crippen MR) is 78.1 cm³/mol. The lowest BCUT2D eigenvalue weighted by molar-refractivity contribution is 0.112. The molecule has 0 saturated heterocycles. The summed E-state index contributed by atoms with van der Waals surface area (Å²) in [7, 11) is 0. The molecule has 0 fully saturated rings. The lowest BCUT2D eigenvalue weighted by atomic mass is 10.2. The average molecular weight is 297 g/mol. The number of carbonyl (C=O) groups excluding carboxylic acids is 1. The van der Waals surface area contributed by atoms with Gasteiger partial charge in [-0.1, -0.05) is 18.2 Å². The van der Waals surface area contributed by atoms with Crippen molar-refractivity contribution in [2.24, 2.45) is 0 Å². The molecule has 1 heterocycles. The first-order valence-electron chi connectivity index (χ1n) is 6.63. The molecule has 0 atom stereocenters. The van der Waals surface area contributed by atoms with Gasteiger partial charge in [0.2, 0.25) is 5.89 Å². The Morgan fingerprint density at radius 3 is 2.86 bits per heavy atom. The smallest absolute Gasteiger partial charge is 0.226 e. The molecule has 0 aliphatic carbocycles. The summed E-state index contributed by atoms with van der Waals surface area (Å²) in [5.74, 6) is 0.554. The number of aldehydes is 1. The van der Waals surface area contributed by atoms with Gasteiger partial charge in [-0.15, -0.1) is 0 Å². The van der Waals surface area contributed by atoms with Gasteiger partial charge in [0.15, 0.2) is 0 Å². The minimum atomic E-state index is -0.348. The molecule has 0 bridgehead atoms. The van der Waals surface area contributed by atoms with Crippen LogP contribution in [0.25, 0.3) is 11.5 Å². The van der Waals surface area contributed by atoms with Gasteiger partial charge in [-0.05, 0) is 30.3 Å². The Hall–Kier alpha value is -2.95. The average Bonchev–Trinajstić information content (AvgIpc) is 3.02. The van der Waals surface area contributed by atoms with Crippen molar-refractivity contribution in [2.45, 2.75) is 6.61 Å². The molecule has 3 aromatic rings. The van der Waals surface area contributed by atoms with Crippen LogP contribution in [-0.4, -0.2) is 11.3 Å². The Labute approximate surface area is 126 Å². The number of hydrogen-bond donors (Lipinski definition) is 0. The molecule has 0 N–H and O–H groups in total. The van der Waals surface area contributed by atoms with Crippen molar-refractivity contribution in [2.75, 3.05) is 0 Å². The quantitative estimate of drug-likeness (QED) is 0.671. The van der Waals surface area contributed by atoms with Crippen LogP contribution in [0.2, 0.25) is 0 Å². The monoisotopic (exact) mass is 297 g/mol. The molecular formula is C17H12FNO3. The Bertz CT molecular complexity index is 798. The molecule has 110 valence electrons. The molecule has 0 aliphatic rings. The predicted octanol–water partition coefficient (Wildman–Crippen LogP) is 3.87. The zero-order chi connectivity index (χ0) is 15.4. The fourth-order valence-corrected chi connectivity index (χ4v) is 1.96. The third kappa shape index (κ3) is 3.20. The molecule has 3 rings (SSSR count). The molecule has 0 radical (unpaired) electrons. The second kappa shape index (κ2) is 6.22. The van der Waals surface area contributed by atoms with Crippen LogP contribution in [0, 0.1) is 5.82 Å². The van der Waals surface area contributed by atoms with E-state index >= 15 is 0 Å². The standard InChI is InChI=1S/C17H12FNO3/c18-14-5-2-4-13(8-14)17-19-15(11-22-17)10-21-16-6-1-3-12(7-16)9-20/h1-9,11H,10H2. The Morgan fingerprint density at radius 1 is 1.18 bits per heavy atom. The number of carbonyl (C=O) groups is 1. The van der Waals surface area contributed by atoms with Gasteiger partial charge >= 0.3 is 0 Å². The largest absolute Gasteiger partial charge is 0.487 e. The Morgan fingerprint density at radius 2 is 2.05 bits per heavy atom. The fourth-order valence-electron chi connectivity index (χ4n) is 1.96. The third-order valence-electron chi connectivity index (χ3n) is 3.00. The second-order valence-electron chi connectivity index (χ2n) is 4.63. The van der Waals surface area contributed by atoms with E-state index in [4.69, 9.17) is 9.15 Å². The van der Waals surface area contributed by atoms with Gasteiger partial charge in [-0.2, -0.15) is 0 Å². The van der Waals surface area contributed by atoms with Crippen LogP contribution in [0.3, 0.4) is 0 Å². The van der Waals surface area contributed by atoms with Crippen LogP contribution in [0.1, 0.15) is 16.1 Å². The maximum Gasteiger partial charge on any atom is 0.226 e. The second-order valence-corrected chi connectivity index (χ2v) is 4.63. The maximum absolute atomic E-state index is 13.2. The van der Waals surface area contributed by atoms with Crippen LogP contribution < -0.4 is 4.74 Å². The molecule has 22 heavy (non-hydrogen) atoms. The van der Waals surface area contributed by atoms with Crippen molar-refractivity contribution in [1.29, 1.82) is 0 Å². The summed E-state index contributed by atoms with van der Waals surface area (Å²) in [4.78, 5) is 15.0.